The fraction of sp³-hybridized carbons (Fsp3) is 0.500. The fourth-order valence-corrected chi connectivity index (χ4v) is 6.65. The molecule has 7 heteroatoms. The summed E-state index contributed by atoms with van der Waals surface area (Å²) in [5.74, 6) is 0.915. The molecule has 0 radical (unpaired) electrons. The van der Waals surface area contributed by atoms with Gasteiger partial charge in [0.2, 0.25) is 5.91 Å². The molecule has 5 nitrogen and oxygen atoms in total. The summed E-state index contributed by atoms with van der Waals surface area (Å²) in [4.78, 5) is 30.5. The first-order valence-corrected chi connectivity index (χ1v) is 13.4. The highest BCUT2D eigenvalue weighted by Gasteiger charge is 2.32. The Morgan fingerprint density at radius 3 is 2.64 bits per heavy atom. The van der Waals surface area contributed by atoms with Crippen LogP contribution in [0.15, 0.2) is 35.4 Å². The van der Waals surface area contributed by atoms with Crippen molar-refractivity contribution in [3.8, 4) is 0 Å². The Labute approximate surface area is 205 Å². The fourth-order valence-electron chi connectivity index (χ4n) is 5.35. The summed E-state index contributed by atoms with van der Waals surface area (Å²) in [5.41, 5.74) is 1.99. The van der Waals surface area contributed by atoms with Crippen molar-refractivity contribution in [1.29, 1.82) is 0 Å². The second-order valence-electron chi connectivity index (χ2n) is 9.44. The summed E-state index contributed by atoms with van der Waals surface area (Å²) in [7, 11) is 0. The number of piperidine rings is 1. The molecule has 2 amide bonds. The molecular weight excluding hydrogens is 450 g/mol. The maximum atomic E-state index is 13.1. The number of hydrogen-bond donors (Lipinski definition) is 0. The normalized spacial score (nSPS) is 21.2. The molecule has 2 aromatic rings. The van der Waals surface area contributed by atoms with E-state index in [9.17, 15) is 9.59 Å². The van der Waals surface area contributed by atoms with Gasteiger partial charge >= 0.3 is 0 Å². The lowest BCUT2D eigenvalue weighted by Gasteiger charge is -2.27. The number of amides is 2. The molecule has 0 bridgehead atoms. The zero-order valence-corrected chi connectivity index (χ0v) is 20.6. The van der Waals surface area contributed by atoms with E-state index in [2.05, 4.69) is 6.07 Å². The molecule has 1 aromatic carbocycles. The predicted molar refractivity (Wildman–Crippen MR) is 139 cm³/mol. The van der Waals surface area contributed by atoms with Gasteiger partial charge in [0, 0.05) is 42.3 Å². The van der Waals surface area contributed by atoms with Gasteiger partial charge in [0.05, 0.1) is 4.91 Å². The summed E-state index contributed by atoms with van der Waals surface area (Å²) < 4.78 is 2.69. The van der Waals surface area contributed by atoms with Gasteiger partial charge in [0.15, 0.2) is 0 Å². The van der Waals surface area contributed by atoms with E-state index >= 15 is 0 Å². The maximum absolute atomic E-state index is 13.1. The molecule has 1 aromatic heterocycles. The third-order valence-electron chi connectivity index (χ3n) is 7.23. The third kappa shape index (κ3) is 4.90. The van der Waals surface area contributed by atoms with Gasteiger partial charge in [-0.15, -0.1) is 0 Å². The SMILES string of the molecule is O=C(Cn1cc(/C=C2\SC(=S)N(CCC3CCCC3)C2=O)c2ccccc21)N1CCCCC1. The van der Waals surface area contributed by atoms with Gasteiger partial charge in [-0.25, -0.2) is 0 Å². The van der Waals surface area contributed by atoms with Crippen molar-refractivity contribution >= 4 is 57.1 Å². The van der Waals surface area contributed by atoms with Crippen LogP contribution in [0.1, 0.15) is 56.9 Å². The molecule has 2 aliphatic heterocycles. The van der Waals surface area contributed by atoms with Crippen LogP contribution in [0.5, 0.6) is 0 Å². The van der Waals surface area contributed by atoms with Crippen LogP contribution in [0, 0.1) is 5.92 Å². The zero-order chi connectivity index (χ0) is 22.8. The number of fused-ring (bicyclic) bond motifs is 1. The summed E-state index contributed by atoms with van der Waals surface area (Å²) in [6.07, 6.45) is 13.6. The monoisotopic (exact) mass is 481 g/mol. The molecule has 3 heterocycles. The number of rotatable bonds is 6. The second kappa shape index (κ2) is 10.0. The van der Waals surface area contributed by atoms with Gasteiger partial charge in [-0.3, -0.25) is 14.5 Å². The van der Waals surface area contributed by atoms with E-state index in [0.29, 0.717) is 15.8 Å². The Hall–Kier alpha value is -2.12. The van der Waals surface area contributed by atoms with E-state index in [4.69, 9.17) is 12.2 Å². The van der Waals surface area contributed by atoms with Gasteiger partial charge < -0.3 is 9.47 Å². The minimum absolute atomic E-state index is 0.0178. The molecule has 0 atom stereocenters. The number of aromatic nitrogens is 1. The summed E-state index contributed by atoms with van der Waals surface area (Å²) in [5, 5.41) is 1.06. The number of benzene rings is 1. The van der Waals surface area contributed by atoms with Crippen molar-refractivity contribution in [1.82, 2.24) is 14.4 Å². The lowest BCUT2D eigenvalue weighted by atomic mass is 10.0. The maximum Gasteiger partial charge on any atom is 0.266 e. The van der Waals surface area contributed by atoms with Gasteiger partial charge in [-0.1, -0.05) is 67.9 Å². The molecular formula is C26H31N3O2S2. The van der Waals surface area contributed by atoms with E-state index in [1.54, 1.807) is 4.90 Å². The molecule has 174 valence electrons. The van der Waals surface area contributed by atoms with Crippen molar-refractivity contribution in [3.63, 3.8) is 0 Å². The molecule has 3 aliphatic rings. The van der Waals surface area contributed by atoms with E-state index < -0.39 is 0 Å². The Balaban J connectivity index is 1.35. The van der Waals surface area contributed by atoms with E-state index in [0.717, 1.165) is 61.3 Å². The average Bonchev–Trinajstić information content (AvgIpc) is 3.53. The van der Waals surface area contributed by atoms with Gasteiger partial charge in [0.25, 0.3) is 5.91 Å². The van der Waals surface area contributed by atoms with E-state index in [-0.39, 0.29) is 11.8 Å². The van der Waals surface area contributed by atoms with Crippen LogP contribution in [0.25, 0.3) is 17.0 Å². The third-order valence-corrected chi connectivity index (χ3v) is 8.61. The Morgan fingerprint density at radius 2 is 1.85 bits per heavy atom. The van der Waals surface area contributed by atoms with Gasteiger partial charge in [0.1, 0.15) is 10.9 Å². The van der Waals surface area contributed by atoms with Crippen molar-refractivity contribution < 1.29 is 9.59 Å². The van der Waals surface area contributed by atoms with Crippen LogP contribution >= 0.6 is 24.0 Å². The number of carbonyl (C=O) groups excluding carboxylic acids is 2. The smallest absolute Gasteiger partial charge is 0.266 e. The standard InChI is InChI=1S/C26H31N3O2S2/c30-24(27-13-6-1-7-14-27)18-28-17-20(21-10-4-5-11-22(21)28)16-23-25(31)29(26(32)33-23)15-12-19-8-2-3-9-19/h4-5,10-11,16-17,19H,1-3,6-9,12-15,18H2/b23-16-. The van der Waals surface area contributed by atoms with Crippen molar-refractivity contribution in [2.24, 2.45) is 5.92 Å². The lowest BCUT2D eigenvalue weighted by Crippen LogP contribution is -2.37. The van der Waals surface area contributed by atoms with Crippen LogP contribution < -0.4 is 0 Å². The number of thiocarbonyl (C=S) groups is 1. The largest absolute Gasteiger partial charge is 0.341 e. The highest BCUT2D eigenvalue weighted by atomic mass is 32.2. The Kier molecular flexibility index (Phi) is 6.88. The molecule has 1 aliphatic carbocycles. The van der Waals surface area contributed by atoms with Crippen LogP contribution in [-0.2, 0) is 16.1 Å². The van der Waals surface area contributed by atoms with E-state index in [1.165, 1.54) is 43.9 Å². The summed E-state index contributed by atoms with van der Waals surface area (Å²) >= 11 is 6.95. The molecule has 1 saturated carbocycles. The summed E-state index contributed by atoms with van der Waals surface area (Å²) in [6.45, 7) is 2.76. The Bertz CT molecular complexity index is 1090. The molecule has 33 heavy (non-hydrogen) atoms. The number of hydrogen-bond acceptors (Lipinski definition) is 4. The highest BCUT2D eigenvalue weighted by Crippen LogP contribution is 2.36. The number of nitrogens with zero attached hydrogens (tertiary/aromatic N) is 3. The van der Waals surface area contributed by atoms with Crippen LogP contribution in [0.3, 0.4) is 0 Å². The quantitative estimate of drug-likeness (QED) is 0.407. The lowest BCUT2D eigenvalue weighted by molar-refractivity contribution is -0.132. The van der Waals surface area contributed by atoms with Crippen LogP contribution in [0.2, 0.25) is 0 Å². The first-order chi connectivity index (χ1) is 16.1. The van der Waals surface area contributed by atoms with Gasteiger partial charge in [-0.05, 0) is 43.7 Å². The minimum Gasteiger partial charge on any atom is -0.341 e. The molecule has 0 unspecified atom stereocenters. The highest BCUT2D eigenvalue weighted by molar-refractivity contribution is 8.26. The first kappa shape index (κ1) is 22.7. The first-order valence-electron chi connectivity index (χ1n) is 12.2. The van der Waals surface area contributed by atoms with Crippen LogP contribution in [0.4, 0.5) is 0 Å². The average molecular weight is 482 g/mol. The molecule has 2 saturated heterocycles. The molecule has 3 fully saturated rings. The number of carbonyl (C=O) groups is 2. The van der Waals surface area contributed by atoms with Crippen molar-refractivity contribution in [2.75, 3.05) is 19.6 Å². The number of likely N-dealkylation sites (tertiary alicyclic amines) is 1. The number of para-hydroxylation sites is 1. The molecule has 5 rings (SSSR count). The second-order valence-corrected chi connectivity index (χ2v) is 11.1. The molecule has 0 spiro atoms. The zero-order valence-electron chi connectivity index (χ0n) is 19.0. The van der Waals surface area contributed by atoms with Gasteiger partial charge in [-0.2, -0.15) is 0 Å². The Morgan fingerprint density at radius 1 is 1.09 bits per heavy atom. The minimum atomic E-state index is 0.0178. The van der Waals surface area contributed by atoms with Crippen LogP contribution in [-0.4, -0.2) is 50.1 Å². The van der Waals surface area contributed by atoms with E-state index in [1.807, 2.05) is 39.9 Å². The topological polar surface area (TPSA) is 45.6 Å². The van der Waals surface area contributed by atoms with Crippen molar-refractivity contribution in [2.45, 2.75) is 57.9 Å². The summed E-state index contributed by atoms with van der Waals surface area (Å²) in [6, 6.07) is 8.10. The van der Waals surface area contributed by atoms with Crippen molar-refractivity contribution in [3.05, 3.63) is 40.9 Å². The molecule has 0 N–H and O–H groups in total. The predicted octanol–water partition coefficient (Wildman–Crippen LogP) is 5.44. The number of thioether (sulfide) groups is 1.